The lowest BCUT2D eigenvalue weighted by Crippen LogP contribution is -2.48. The average molecular weight is 304 g/mol. The smallest absolute Gasteiger partial charge is 0.243 e. The van der Waals surface area contributed by atoms with E-state index in [0.717, 1.165) is 45.1 Å². The van der Waals surface area contributed by atoms with Crippen LogP contribution in [0.2, 0.25) is 0 Å². The van der Waals surface area contributed by atoms with Gasteiger partial charge < -0.3 is 10.2 Å². The number of hydrogen-bond donors (Lipinski definition) is 1. The molecule has 1 aliphatic carbocycles. The quantitative estimate of drug-likeness (QED) is 0.699. The standard InChI is InChI=1S/C18H28N2O2/c1-13-8-5-3-2-4-6-9-14-12-15(14)19-17(21)16-10-7-11-20(16)18(13)22/h6,9,13-16H,2-5,7-8,10-12H2,1H3,(H,19,21)/b9-6-/t13-,14+,15?,16?/m0/s1. The first kappa shape index (κ1) is 15.6. The Kier molecular flexibility index (Phi) is 4.84. The Bertz CT molecular complexity index is 460. The second-order valence-corrected chi connectivity index (χ2v) is 7.17. The monoisotopic (exact) mass is 304 g/mol. The van der Waals surface area contributed by atoms with E-state index in [1.807, 2.05) is 11.8 Å². The van der Waals surface area contributed by atoms with E-state index in [1.165, 1.54) is 12.8 Å². The van der Waals surface area contributed by atoms with E-state index in [9.17, 15) is 9.59 Å². The van der Waals surface area contributed by atoms with Crippen LogP contribution in [0.1, 0.15) is 58.3 Å². The van der Waals surface area contributed by atoms with Gasteiger partial charge in [-0.3, -0.25) is 9.59 Å². The second-order valence-electron chi connectivity index (χ2n) is 7.17. The SMILES string of the molecule is C[C@H]1CCCCC/C=C\[C@@H]2CC2NC(=O)C2CCCN2C1=O. The fourth-order valence-electron chi connectivity index (χ4n) is 3.74. The number of amides is 2. The van der Waals surface area contributed by atoms with Crippen LogP contribution in [0.5, 0.6) is 0 Å². The molecule has 4 nitrogen and oxygen atoms in total. The molecule has 4 heteroatoms. The lowest BCUT2D eigenvalue weighted by molar-refractivity contribution is -0.141. The number of fused-ring (bicyclic) bond motifs is 2. The third-order valence-corrected chi connectivity index (χ3v) is 5.32. The van der Waals surface area contributed by atoms with Crippen molar-refractivity contribution in [3.05, 3.63) is 12.2 Å². The molecule has 2 heterocycles. The molecule has 2 aliphatic heterocycles. The van der Waals surface area contributed by atoms with Gasteiger partial charge in [0.1, 0.15) is 6.04 Å². The van der Waals surface area contributed by atoms with Gasteiger partial charge in [0, 0.05) is 18.5 Å². The maximum absolute atomic E-state index is 12.6. The topological polar surface area (TPSA) is 49.4 Å². The van der Waals surface area contributed by atoms with Gasteiger partial charge in [-0.15, -0.1) is 0 Å². The van der Waals surface area contributed by atoms with E-state index in [2.05, 4.69) is 17.5 Å². The number of carbonyl (C=O) groups excluding carboxylic acids is 2. The normalized spacial score (nSPS) is 38.3. The Labute approximate surface area is 133 Å². The highest BCUT2D eigenvalue weighted by molar-refractivity contribution is 5.89. The van der Waals surface area contributed by atoms with Crippen LogP contribution in [0, 0.1) is 11.8 Å². The zero-order valence-corrected chi connectivity index (χ0v) is 13.6. The maximum Gasteiger partial charge on any atom is 0.243 e. The van der Waals surface area contributed by atoms with Crippen LogP contribution in [-0.2, 0) is 9.59 Å². The second kappa shape index (κ2) is 6.84. The van der Waals surface area contributed by atoms with Gasteiger partial charge in [-0.05, 0) is 44.4 Å². The molecule has 0 aromatic rings. The molecule has 1 saturated carbocycles. The number of rotatable bonds is 0. The summed E-state index contributed by atoms with van der Waals surface area (Å²) < 4.78 is 0. The van der Waals surface area contributed by atoms with E-state index in [4.69, 9.17) is 0 Å². The zero-order chi connectivity index (χ0) is 15.5. The molecule has 2 fully saturated rings. The molecule has 122 valence electrons. The number of nitrogens with one attached hydrogen (secondary N) is 1. The Morgan fingerprint density at radius 1 is 1.14 bits per heavy atom. The van der Waals surface area contributed by atoms with Crippen molar-refractivity contribution in [1.29, 1.82) is 0 Å². The number of nitrogens with zero attached hydrogens (tertiary/aromatic N) is 1. The minimum absolute atomic E-state index is 0.0442. The molecule has 0 spiro atoms. The molecular weight excluding hydrogens is 276 g/mol. The van der Waals surface area contributed by atoms with Gasteiger partial charge in [-0.2, -0.15) is 0 Å². The van der Waals surface area contributed by atoms with Gasteiger partial charge in [0.25, 0.3) is 0 Å². The van der Waals surface area contributed by atoms with Crippen molar-refractivity contribution in [2.75, 3.05) is 6.54 Å². The summed E-state index contributed by atoms with van der Waals surface area (Å²) in [5.74, 6) is 0.799. The highest BCUT2D eigenvalue weighted by Gasteiger charge is 2.41. The minimum atomic E-state index is -0.231. The van der Waals surface area contributed by atoms with Crippen LogP contribution in [0.3, 0.4) is 0 Å². The molecule has 4 atom stereocenters. The highest BCUT2D eigenvalue weighted by Crippen LogP contribution is 2.33. The van der Waals surface area contributed by atoms with Crippen molar-refractivity contribution >= 4 is 11.8 Å². The van der Waals surface area contributed by atoms with Crippen molar-refractivity contribution in [3.8, 4) is 0 Å². The third kappa shape index (κ3) is 3.53. The van der Waals surface area contributed by atoms with Crippen molar-refractivity contribution in [3.63, 3.8) is 0 Å². The van der Waals surface area contributed by atoms with Gasteiger partial charge in [0.05, 0.1) is 0 Å². The first-order chi connectivity index (χ1) is 10.7. The minimum Gasteiger partial charge on any atom is -0.351 e. The first-order valence-electron chi connectivity index (χ1n) is 8.94. The molecule has 3 rings (SSSR count). The fourth-order valence-corrected chi connectivity index (χ4v) is 3.74. The highest BCUT2D eigenvalue weighted by atomic mass is 16.2. The molecule has 22 heavy (non-hydrogen) atoms. The third-order valence-electron chi connectivity index (χ3n) is 5.32. The number of hydrogen-bond acceptors (Lipinski definition) is 2. The molecule has 1 saturated heterocycles. The predicted molar refractivity (Wildman–Crippen MR) is 86.2 cm³/mol. The summed E-state index contributed by atoms with van der Waals surface area (Å²) in [5, 5.41) is 3.15. The molecule has 2 unspecified atom stereocenters. The predicted octanol–water partition coefficient (Wildman–Crippen LogP) is 2.64. The molecule has 0 bridgehead atoms. The van der Waals surface area contributed by atoms with Crippen LogP contribution in [0.25, 0.3) is 0 Å². The van der Waals surface area contributed by atoms with E-state index in [1.54, 1.807) is 0 Å². The first-order valence-corrected chi connectivity index (χ1v) is 8.94. The largest absolute Gasteiger partial charge is 0.351 e. The average Bonchev–Trinajstić information content (AvgIpc) is 3.04. The van der Waals surface area contributed by atoms with Crippen molar-refractivity contribution < 1.29 is 9.59 Å². The summed E-state index contributed by atoms with van der Waals surface area (Å²) in [4.78, 5) is 27.0. The van der Waals surface area contributed by atoms with Gasteiger partial charge in [-0.1, -0.05) is 31.9 Å². The van der Waals surface area contributed by atoms with Crippen LogP contribution in [0.4, 0.5) is 0 Å². The van der Waals surface area contributed by atoms with Crippen molar-refractivity contribution in [2.24, 2.45) is 11.8 Å². The molecule has 3 aliphatic rings. The maximum atomic E-state index is 12.6. The molecule has 1 N–H and O–H groups in total. The van der Waals surface area contributed by atoms with E-state index in [-0.39, 0.29) is 23.8 Å². The van der Waals surface area contributed by atoms with Crippen molar-refractivity contribution in [1.82, 2.24) is 10.2 Å². The van der Waals surface area contributed by atoms with Crippen LogP contribution in [-0.4, -0.2) is 35.3 Å². The Balaban J connectivity index is 1.69. The van der Waals surface area contributed by atoms with Gasteiger partial charge in [-0.25, -0.2) is 0 Å². The molecule has 0 aromatic carbocycles. The Morgan fingerprint density at radius 2 is 2.00 bits per heavy atom. The van der Waals surface area contributed by atoms with Gasteiger partial charge in [0.2, 0.25) is 11.8 Å². The molecule has 0 radical (unpaired) electrons. The van der Waals surface area contributed by atoms with Crippen LogP contribution >= 0.6 is 0 Å². The summed E-state index contributed by atoms with van der Waals surface area (Å²) in [5.41, 5.74) is 0. The van der Waals surface area contributed by atoms with Crippen LogP contribution < -0.4 is 5.32 Å². The summed E-state index contributed by atoms with van der Waals surface area (Å²) in [6, 6.07) is 0.0640. The van der Waals surface area contributed by atoms with Crippen LogP contribution in [0.15, 0.2) is 12.2 Å². The fraction of sp³-hybridized carbons (Fsp3) is 0.778. The lowest BCUT2D eigenvalue weighted by Gasteiger charge is -2.27. The summed E-state index contributed by atoms with van der Waals surface area (Å²) in [6.45, 7) is 2.76. The lowest BCUT2D eigenvalue weighted by atomic mass is 10.0. The number of carbonyl (C=O) groups is 2. The Morgan fingerprint density at radius 3 is 2.86 bits per heavy atom. The van der Waals surface area contributed by atoms with Gasteiger partial charge >= 0.3 is 0 Å². The molecule has 2 amide bonds. The molecule has 0 aromatic heterocycles. The van der Waals surface area contributed by atoms with E-state index in [0.29, 0.717) is 12.0 Å². The molecular formula is C18H28N2O2. The van der Waals surface area contributed by atoms with Crippen molar-refractivity contribution in [2.45, 2.75) is 70.4 Å². The summed E-state index contributed by atoms with van der Waals surface area (Å²) >= 11 is 0. The summed E-state index contributed by atoms with van der Waals surface area (Å²) in [7, 11) is 0. The zero-order valence-electron chi connectivity index (χ0n) is 13.6. The van der Waals surface area contributed by atoms with E-state index >= 15 is 0 Å². The van der Waals surface area contributed by atoms with Gasteiger partial charge in [0.15, 0.2) is 0 Å². The number of allylic oxidation sites excluding steroid dienone is 1. The van der Waals surface area contributed by atoms with E-state index < -0.39 is 0 Å². The Hall–Kier alpha value is -1.32. The summed E-state index contributed by atoms with van der Waals surface area (Å²) in [6.07, 6.45) is 12.9.